The number of carbonyl (C=O) groups is 2. The van der Waals surface area contributed by atoms with Crippen molar-refractivity contribution in [2.75, 3.05) is 0 Å². The monoisotopic (exact) mass is 491 g/mol. The molecule has 0 N–H and O–H groups in total. The third-order valence-electron chi connectivity index (χ3n) is 7.48. The Morgan fingerprint density at radius 3 is 2.00 bits per heavy atom. The van der Waals surface area contributed by atoms with Crippen molar-refractivity contribution in [2.24, 2.45) is 16.8 Å². The van der Waals surface area contributed by atoms with Crippen LogP contribution < -0.4 is 0 Å². The lowest BCUT2D eigenvalue weighted by atomic mass is 9.70. The third kappa shape index (κ3) is 5.88. The molecule has 0 fully saturated rings. The molecule has 0 radical (unpaired) electrons. The van der Waals surface area contributed by atoms with Gasteiger partial charge in [0.25, 0.3) is 0 Å². The zero-order valence-electron chi connectivity index (χ0n) is 22.4. The summed E-state index contributed by atoms with van der Waals surface area (Å²) in [6.45, 7) is 8.03. The van der Waals surface area contributed by atoms with Crippen molar-refractivity contribution in [2.45, 2.75) is 59.3 Å². The highest BCUT2D eigenvalue weighted by atomic mass is 16.1. The molecule has 37 heavy (non-hydrogen) atoms. The van der Waals surface area contributed by atoms with Gasteiger partial charge in [-0.05, 0) is 49.8 Å². The highest BCUT2D eigenvalue weighted by Crippen LogP contribution is 2.42. The minimum atomic E-state index is -0.321. The molecule has 3 aromatic rings. The third-order valence-corrected chi connectivity index (χ3v) is 7.48. The highest BCUT2D eigenvalue weighted by molar-refractivity contribution is 6.15. The molecule has 0 saturated heterocycles. The molecule has 1 aliphatic carbocycles. The van der Waals surface area contributed by atoms with Crippen LogP contribution >= 0.6 is 0 Å². The molecule has 2 aliphatic rings. The molecule has 1 aliphatic heterocycles. The van der Waals surface area contributed by atoms with E-state index < -0.39 is 0 Å². The first-order valence-corrected chi connectivity index (χ1v) is 13.5. The van der Waals surface area contributed by atoms with Crippen LogP contribution in [0.2, 0.25) is 0 Å². The molecule has 190 valence electrons. The van der Waals surface area contributed by atoms with E-state index in [0.29, 0.717) is 19.3 Å². The van der Waals surface area contributed by atoms with E-state index in [1.54, 1.807) is 0 Å². The highest BCUT2D eigenvalue weighted by Gasteiger charge is 2.40. The number of nitrogens with zero attached hydrogens (tertiary/aromatic N) is 1. The lowest BCUT2D eigenvalue weighted by molar-refractivity contribution is -0.123. The van der Waals surface area contributed by atoms with Crippen molar-refractivity contribution >= 4 is 17.3 Å². The Labute approximate surface area is 221 Å². The summed E-state index contributed by atoms with van der Waals surface area (Å²) in [5.74, 6) is -0.0548. The zero-order valence-corrected chi connectivity index (χ0v) is 22.4. The number of carbonyl (C=O) groups excluding carboxylic acids is 2. The molecule has 0 amide bonds. The van der Waals surface area contributed by atoms with Crippen molar-refractivity contribution in [3.05, 3.63) is 118 Å². The smallest absolute Gasteiger partial charge is 0.170 e. The zero-order chi connectivity index (χ0) is 26.4. The fraction of sp³-hybridized carbons (Fsp3) is 0.324. The van der Waals surface area contributed by atoms with E-state index in [4.69, 9.17) is 4.99 Å². The average molecular weight is 492 g/mol. The van der Waals surface area contributed by atoms with Crippen LogP contribution in [0.3, 0.4) is 0 Å². The van der Waals surface area contributed by atoms with Gasteiger partial charge < -0.3 is 0 Å². The Hall–Kier alpha value is -3.59. The topological polar surface area (TPSA) is 46.5 Å². The molecule has 2 unspecified atom stereocenters. The molecule has 1 heterocycles. The van der Waals surface area contributed by atoms with Crippen molar-refractivity contribution in [3.63, 3.8) is 0 Å². The maximum absolute atomic E-state index is 13.9. The van der Waals surface area contributed by atoms with Gasteiger partial charge in [-0.2, -0.15) is 0 Å². The normalized spacial score (nSPS) is 19.1. The first kappa shape index (κ1) is 26.5. The lowest BCUT2D eigenvalue weighted by Gasteiger charge is -2.34. The summed E-state index contributed by atoms with van der Waals surface area (Å²) in [6.07, 6.45) is 2.36. The number of aliphatic imine (C=N–C) groups is 1. The molecule has 5 rings (SSSR count). The summed E-state index contributed by atoms with van der Waals surface area (Å²) < 4.78 is 0. The molecule has 3 aromatic carbocycles. The van der Waals surface area contributed by atoms with Crippen LogP contribution in [0.5, 0.6) is 0 Å². The van der Waals surface area contributed by atoms with E-state index >= 15 is 0 Å². The Morgan fingerprint density at radius 1 is 0.865 bits per heavy atom. The summed E-state index contributed by atoms with van der Waals surface area (Å²) in [7, 11) is 0. The van der Waals surface area contributed by atoms with E-state index in [0.717, 1.165) is 40.1 Å². The summed E-state index contributed by atoms with van der Waals surface area (Å²) in [5.41, 5.74) is 6.99. The Morgan fingerprint density at radius 2 is 1.43 bits per heavy atom. The van der Waals surface area contributed by atoms with E-state index in [1.807, 2.05) is 81.4 Å². The predicted molar refractivity (Wildman–Crippen MR) is 152 cm³/mol. The minimum absolute atomic E-state index is 0.0741. The number of allylic oxidation sites excluding steroid dienone is 2. The number of benzene rings is 3. The number of hydrogen-bond acceptors (Lipinski definition) is 3. The SMILES string of the molecule is CC.CC1=NC2=C(CCC(C(=O)Cc3ccc(C)cc3)C2)C(=O)C1C(c1ccccc1)c1ccccc1. The maximum atomic E-state index is 13.9. The summed E-state index contributed by atoms with van der Waals surface area (Å²) in [5, 5.41) is 0. The van der Waals surface area contributed by atoms with Crippen molar-refractivity contribution in [1.82, 2.24) is 0 Å². The van der Waals surface area contributed by atoms with Crippen LogP contribution in [0.1, 0.15) is 68.2 Å². The molecule has 3 heteroatoms. The average Bonchev–Trinajstić information content (AvgIpc) is 2.94. The van der Waals surface area contributed by atoms with E-state index in [1.165, 1.54) is 5.56 Å². The van der Waals surface area contributed by atoms with Crippen LogP contribution in [0.4, 0.5) is 0 Å². The second kappa shape index (κ2) is 12.1. The quantitative estimate of drug-likeness (QED) is 0.355. The molecule has 0 bridgehead atoms. The van der Waals surface area contributed by atoms with Crippen LogP contribution in [0.15, 0.2) is 101 Å². The van der Waals surface area contributed by atoms with Gasteiger partial charge in [0.1, 0.15) is 5.78 Å². The van der Waals surface area contributed by atoms with E-state index in [2.05, 4.69) is 31.2 Å². The van der Waals surface area contributed by atoms with Gasteiger partial charge in [-0.1, -0.05) is 104 Å². The lowest BCUT2D eigenvalue weighted by Crippen LogP contribution is -2.36. The van der Waals surface area contributed by atoms with Gasteiger partial charge in [-0.25, -0.2) is 0 Å². The number of rotatable bonds is 6. The van der Waals surface area contributed by atoms with Crippen molar-refractivity contribution in [3.8, 4) is 0 Å². The van der Waals surface area contributed by atoms with Gasteiger partial charge in [0.05, 0.1) is 5.92 Å². The first-order valence-electron chi connectivity index (χ1n) is 13.5. The van der Waals surface area contributed by atoms with Crippen LogP contribution in [0, 0.1) is 18.8 Å². The van der Waals surface area contributed by atoms with E-state index in [-0.39, 0.29) is 29.3 Å². The molecule has 2 atom stereocenters. The standard InChI is InChI=1S/C32H31NO2.C2H6/c1-21-13-15-23(16-14-21)19-29(34)26-17-18-27-28(20-26)33-22(2)30(32(27)35)31(24-9-5-3-6-10-24)25-11-7-4-8-12-25;1-2/h3-16,26,30-31H,17-20H2,1-2H3;1-2H3. The molecule has 0 spiro atoms. The molecule has 0 saturated carbocycles. The van der Waals surface area contributed by atoms with Crippen molar-refractivity contribution < 1.29 is 9.59 Å². The van der Waals surface area contributed by atoms with Gasteiger partial charge >= 0.3 is 0 Å². The van der Waals surface area contributed by atoms with Gasteiger partial charge in [-0.3, -0.25) is 14.6 Å². The largest absolute Gasteiger partial charge is 0.299 e. The van der Waals surface area contributed by atoms with Crippen LogP contribution in [-0.4, -0.2) is 17.3 Å². The van der Waals surface area contributed by atoms with Crippen molar-refractivity contribution in [1.29, 1.82) is 0 Å². The fourth-order valence-electron chi connectivity index (χ4n) is 5.58. The Balaban J connectivity index is 0.00000156. The summed E-state index contributed by atoms with van der Waals surface area (Å²) >= 11 is 0. The summed E-state index contributed by atoms with van der Waals surface area (Å²) in [4.78, 5) is 32.0. The summed E-state index contributed by atoms with van der Waals surface area (Å²) in [6, 6.07) is 28.7. The number of ketones is 2. The maximum Gasteiger partial charge on any atom is 0.170 e. The van der Waals surface area contributed by atoms with E-state index in [9.17, 15) is 9.59 Å². The van der Waals surface area contributed by atoms with Gasteiger partial charge in [0.15, 0.2) is 5.78 Å². The molecule has 0 aromatic heterocycles. The molecular weight excluding hydrogens is 454 g/mol. The second-order valence-corrected chi connectivity index (χ2v) is 9.89. The number of hydrogen-bond donors (Lipinski definition) is 0. The predicted octanol–water partition coefficient (Wildman–Crippen LogP) is 7.68. The number of aryl methyl sites for hydroxylation is 1. The second-order valence-electron chi connectivity index (χ2n) is 9.89. The molecule has 3 nitrogen and oxygen atoms in total. The Bertz CT molecular complexity index is 1250. The van der Waals surface area contributed by atoms with Gasteiger partial charge in [-0.15, -0.1) is 0 Å². The fourth-order valence-corrected chi connectivity index (χ4v) is 5.58. The first-order chi connectivity index (χ1) is 18.0. The van der Waals surface area contributed by atoms with Gasteiger partial charge in [0.2, 0.25) is 0 Å². The minimum Gasteiger partial charge on any atom is -0.299 e. The number of Topliss-reactive ketones (excluding diaryl/α,β-unsaturated/α-hetero) is 2. The van der Waals surface area contributed by atoms with Crippen LogP contribution in [0.25, 0.3) is 0 Å². The van der Waals surface area contributed by atoms with Gasteiger partial charge in [0, 0.05) is 35.2 Å². The molecular formula is C34H37NO2. The Kier molecular flexibility index (Phi) is 8.66. The van der Waals surface area contributed by atoms with Crippen LogP contribution in [-0.2, 0) is 16.0 Å².